The summed E-state index contributed by atoms with van der Waals surface area (Å²) in [5.41, 5.74) is 0.153. The van der Waals surface area contributed by atoms with Gasteiger partial charge in [-0.25, -0.2) is 30.2 Å². The molecule has 4 rings (SSSR count). The molecule has 0 spiro atoms. The van der Waals surface area contributed by atoms with Crippen molar-refractivity contribution >= 4 is 36.9 Å². The van der Waals surface area contributed by atoms with Crippen LogP contribution in [0.1, 0.15) is 26.3 Å². The van der Waals surface area contributed by atoms with Gasteiger partial charge in [0.2, 0.25) is 0 Å². The van der Waals surface area contributed by atoms with Gasteiger partial charge in [-0.3, -0.25) is 4.98 Å². The Morgan fingerprint density at radius 2 is 1.54 bits per heavy atom. The van der Waals surface area contributed by atoms with E-state index in [0.29, 0.717) is 14.0 Å². The van der Waals surface area contributed by atoms with Crippen LogP contribution in [0, 0.1) is 0 Å². The number of sulfonamides is 2. The summed E-state index contributed by atoms with van der Waals surface area (Å²) in [4.78, 5) is 15.9. The lowest BCUT2D eigenvalue weighted by atomic mass is 9.87. The number of fused-ring (bicyclic) bond motifs is 1. The number of aliphatic carboxylic acids is 1. The average molecular weight is 514 g/mol. The van der Waals surface area contributed by atoms with Crippen molar-refractivity contribution in [1.29, 1.82) is 0 Å². The summed E-state index contributed by atoms with van der Waals surface area (Å²) in [6.07, 6.45) is 4.10. The molecule has 0 radical (unpaired) electrons. The Kier molecular flexibility index (Phi) is 5.94. The van der Waals surface area contributed by atoms with E-state index >= 15 is 0 Å². The molecule has 0 atom stereocenters. The van der Waals surface area contributed by atoms with E-state index in [-0.39, 0.29) is 20.7 Å². The lowest BCUT2D eigenvalue weighted by molar-refractivity contribution is -0.133. The van der Waals surface area contributed by atoms with E-state index in [9.17, 15) is 26.7 Å². The highest BCUT2D eigenvalue weighted by molar-refractivity contribution is 7.90. The second-order valence-electron chi connectivity index (χ2n) is 8.86. The van der Waals surface area contributed by atoms with E-state index < -0.39 is 31.7 Å². The topological polar surface area (TPSA) is 125 Å². The molecule has 1 aliphatic heterocycles. The number of nitrogens with zero attached hydrogens (tertiary/aromatic N) is 3. The number of carboxylic acids is 1. The third-order valence-corrected chi connectivity index (χ3v) is 8.86. The van der Waals surface area contributed by atoms with Crippen molar-refractivity contribution in [3.05, 3.63) is 90.7 Å². The van der Waals surface area contributed by atoms with Gasteiger partial charge in [-0.15, -0.1) is 0 Å². The molecule has 2 aromatic carbocycles. The largest absolute Gasteiger partial charge is 0.476 e. The molecule has 2 heterocycles. The monoisotopic (exact) mass is 513 g/mol. The number of benzene rings is 2. The third kappa shape index (κ3) is 4.40. The number of carboxylic acid groups (broad SMARTS) is 1. The van der Waals surface area contributed by atoms with Crippen molar-refractivity contribution in [2.75, 3.05) is 0 Å². The fraction of sp³-hybridized carbons (Fsp3) is 0.167. The van der Waals surface area contributed by atoms with Crippen LogP contribution in [-0.2, 0) is 30.3 Å². The molecule has 11 heteroatoms. The first-order valence-corrected chi connectivity index (χ1v) is 13.4. The van der Waals surface area contributed by atoms with E-state index in [2.05, 4.69) is 4.98 Å². The smallest absolute Gasteiger partial charge is 0.355 e. The Morgan fingerprint density at radius 1 is 0.886 bits per heavy atom. The van der Waals surface area contributed by atoms with Crippen LogP contribution in [0.3, 0.4) is 0 Å². The molecule has 0 saturated carbocycles. The number of carbonyl (C=O) groups is 1. The minimum absolute atomic E-state index is 0.0642. The normalized spacial score (nSPS) is 14.8. The molecule has 35 heavy (non-hydrogen) atoms. The first kappa shape index (κ1) is 24.4. The molecule has 9 nitrogen and oxygen atoms in total. The van der Waals surface area contributed by atoms with Crippen LogP contribution >= 0.6 is 0 Å². The Hall–Kier alpha value is -3.70. The highest BCUT2D eigenvalue weighted by Gasteiger charge is 2.35. The highest BCUT2D eigenvalue weighted by Crippen LogP contribution is 2.31. The van der Waals surface area contributed by atoms with Gasteiger partial charge in [-0.05, 0) is 35.2 Å². The average Bonchev–Trinajstić information content (AvgIpc) is 2.82. The van der Waals surface area contributed by atoms with Crippen LogP contribution in [0.25, 0.3) is 10.9 Å². The van der Waals surface area contributed by atoms with Gasteiger partial charge >= 0.3 is 5.97 Å². The number of aromatic nitrogens is 1. The van der Waals surface area contributed by atoms with Gasteiger partial charge in [0.15, 0.2) is 5.70 Å². The molecule has 1 aliphatic rings. The van der Waals surface area contributed by atoms with Gasteiger partial charge in [-0.1, -0.05) is 51.1 Å². The summed E-state index contributed by atoms with van der Waals surface area (Å²) in [5, 5.41) is 10.3. The molecule has 1 aromatic heterocycles. The summed E-state index contributed by atoms with van der Waals surface area (Å²) in [6.45, 7) is 5.98. The maximum absolute atomic E-state index is 13.4. The zero-order valence-electron chi connectivity index (χ0n) is 19.2. The second kappa shape index (κ2) is 8.51. The molecular formula is C24H23N3O6S2. The zero-order chi connectivity index (χ0) is 25.6. The number of pyridine rings is 1. The van der Waals surface area contributed by atoms with E-state index in [0.717, 1.165) is 24.2 Å². The van der Waals surface area contributed by atoms with Crippen molar-refractivity contribution in [2.45, 2.75) is 36.0 Å². The molecular weight excluding hydrogens is 490 g/mol. The van der Waals surface area contributed by atoms with E-state index in [1.807, 2.05) is 20.8 Å². The summed E-state index contributed by atoms with van der Waals surface area (Å²) >= 11 is 0. The standard InChI is InChI=1S/C24H23N3O6S2/c1-24(2,3)18-9-11-19(12-10-18)34(30,31)26-14-15-27(20(16-26)23(28)29)35(32,33)21-8-4-6-17-7-5-13-25-22(17)21/h4-16H,1-3H3,(H,28,29). The van der Waals surface area contributed by atoms with E-state index in [1.165, 1.54) is 30.5 Å². The zero-order valence-corrected chi connectivity index (χ0v) is 20.8. The van der Waals surface area contributed by atoms with Gasteiger partial charge in [0, 0.05) is 24.0 Å². The number of rotatable bonds is 5. The Morgan fingerprint density at radius 3 is 2.17 bits per heavy atom. The predicted molar refractivity (Wildman–Crippen MR) is 130 cm³/mol. The quantitative estimate of drug-likeness (QED) is 0.552. The third-order valence-electron chi connectivity index (χ3n) is 5.48. The molecule has 0 saturated heterocycles. The van der Waals surface area contributed by atoms with Gasteiger partial charge < -0.3 is 5.11 Å². The second-order valence-corrected chi connectivity index (χ2v) is 12.5. The Labute approximate surface area is 203 Å². The van der Waals surface area contributed by atoms with Crippen molar-refractivity contribution in [3.63, 3.8) is 0 Å². The SMILES string of the molecule is CC(C)(C)c1ccc(S(=O)(=O)N2C=CN(S(=O)(=O)c3cccc4cccnc34)C(C(=O)O)=C2)cc1. The van der Waals surface area contributed by atoms with E-state index in [4.69, 9.17) is 0 Å². The van der Waals surface area contributed by atoms with Gasteiger partial charge in [0.1, 0.15) is 4.90 Å². The van der Waals surface area contributed by atoms with Gasteiger partial charge in [-0.2, -0.15) is 0 Å². The lowest BCUT2D eigenvalue weighted by Gasteiger charge is -2.28. The molecule has 0 fully saturated rings. The van der Waals surface area contributed by atoms with Crippen LogP contribution in [0.4, 0.5) is 0 Å². The van der Waals surface area contributed by atoms with Gasteiger partial charge in [0.05, 0.1) is 16.6 Å². The van der Waals surface area contributed by atoms with Crippen LogP contribution in [-0.4, -0.2) is 41.5 Å². The number of para-hydroxylation sites is 1. The van der Waals surface area contributed by atoms with Crippen LogP contribution in [0.2, 0.25) is 0 Å². The lowest BCUT2D eigenvalue weighted by Crippen LogP contribution is -2.35. The van der Waals surface area contributed by atoms with Crippen LogP contribution < -0.4 is 0 Å². The fourth-order valence-corrected chi connectivity index (χ4v) is 6.23. The summed E-state index contributed by atoms with van der Waals surface area (Å²) in [5.74, 6) is -1.62. The fourth-order valence-electron chi connectivity index (χ4n) is 3.57. The van der Waals surface area contributed by atoms with Crippen LogP contribution in [0.15, 0.2) is 94.9 Å². The maximum Gasteiger partial charge on any atom is 0.355 e. The number of hydrogen-bond donors (Lipinski definition) is 1. The van der Waals surface area contributed by atoms with Crippen molar-refractivity contribution in [1.82, 2.24) is 13.6 Å². The molecule has 0 amide bonds. The first-order chi connectivity index (χ1) is 16.3. The molecule has 3 aromatic rings. The molecule has 0 bridgehead atoms. The maximum atomic E-state index is 13.4. The molecule has 0 unspecified atom stereocenters. The molecule has 182 valence electrons. The summed E-state index contributed by atoms with van der Waals surface area (Å²) in [7, 11) is -8.61. The predicted octanol–water partition coefficient (Wildman–Crippen LogP) is 3.62. The summed E-state index contributed by atoms with van der Waals surface area (Å²) in [6, 6.07) is 14.1. The Bertz CT molecular complexity index is 1580. The minimum Gasteiger partial charge on any atom is -0.476 e. The highest BCUT2D eigenvalue weighted by atomic mass is 32.2. The molecule has 1 N–H and O–H groups in total. The van der Waals surface area contributed by atoms with E-state index in [1.54, 1.807) is 30.3 Å². The molecule has 0 aliphatic carbocycles. The van der Waals surface area contributed by atoms with Crippen molar-refractivity contribution < 1.29 is 26.7 Å². The first-order valence-electron chi connectivity index (χ1n) is 10.5. The number of hydrogen-bond acceptors (Lipinski definition) is 6. The Balaban J connectivity index is 1.75. The van der Waals surface area contributed by atoms with Crippen molar-refractivity contribution in [2.24, 2.45) is 0 Å². The summed E-state index contributed by atoms with van der Waals surface area (Å²) < 4.78 is 54.5. The van der Waals surface area contributed by atoms with Crippen molar-refractivity contribution in [3.8, 4) is 0 Å². The van der Waals surface area contributed by atoms with Gasteiger partial charge in [0.25, 0.3) is 20.0 Å². The minimum atomic E-state index is -4.42. The van der Waals surface area contributed by atoms with Crippen LogP contribution in [0.5, 0.6) is 0 Å².